The summed E-state index contributed by atoms with van der Waals surface area (Å²) in [5.41, 5.74) is 5.68. The van der Waals surface area contributed by atoms with Crippen molar-refractivity contribution in [2.75, 3.05) is 18.4 Å². The van der Waals surface area contributed by atoms with E-state index in [9.17, 15) is 13.2 Å². The molecule has 172 valence electrons. The van der Waals surface area contributed by atoms with Crippen LogP contribution in [0.25, 0.3) is 0 Å². The summed E-state index contributed by atoms with van der Waals surface area (Å²) in [5, 5.41) is 3.16. The molecule has 1 amide bonds. The molecule has 2 aliphatic rings. The van der Waals surface area contributed by atoms with E-state index in [0.29, 0.717) is 30.8 Å². The molecule has 1 fully saturated rings. The van der Waals surface area contributed by atoms with Crippen LogP contribution in [0, 0.1) is 5.92 Å². The zero-order valence-corrected chi connectivity index (χ0v) is 20.0. The number of hydrogen-bond acceptors (Lipinski definition) is 3. The molecule has 1 saturated heterocycles. The summed E-state index contributed by atoms with van der Waals surface area (Å²) in [6, 6.07) is 11.8. The van der Waals surface area contributed by atoms with Gasteiger partial charge in [-0.2, -0.15) is 4.31 Å². The largest absolute Gasteiger partial charge is 0.325 e. The van der Waals surface area contributed by atoms with Crippen LogP contribution in [-0.4, -0.2) is 31.7 Å². The Kier molecular flexibility index (Phi) is 7.01. The first-order valence-electron chi connectivity index (χ1n) is 12.0. The molecule has 0 atom stereocenters. The molecule has 1 N–H and O–H groups in total. The highest BCUT2D eigenvalue weighted by Gasteiger charge is 2.33. The van der Waals surface area contributed by atoms with Gasteiger partial charge in [-0.15, -0.1) is 0 Å². The number of hydrogen-bond donors (Lipinski definition) is 1. The molecule has 5 nitrogen and oxygen atoms in total. The number of benzene rings is 2. The van der Waals surface area contributed by atoms with Gasteiger partial charge >= 0.3 is 0 Å². The second-order valence-corrected chi connectivity index (χ2v) is 10.9. The van der Waals surface area contributed by atoms with Crippen LogP contribution < -0.4 is 5.32 Å². The molecule has 0 unspecified atom stereocenters. The van der Waals surface area contributed by atoms with Crippen molar-refractivity contribution in [1.29, 1.82) is 0 Å². The Balaban J connectivity index is 1.42. The SMILES string of the molecule is CCc1cccc(CC)c1NC(=O)C1CCN(S(=O)(=O)c2ccc3c(c2)CCCC3)CC1. The molecule has 1 aliphatic carbocycles. The first-order chi connectivity index (χ1) is 15.4. The molecule has 0 aromatic heterocycles. The standard InChI is InChI=1S/C26H34N2O3S/c1-3-19-10-7-11-20(4-2)25(19)27-26(29)22-14-16-28(17-15-22)32(30,31)24-13-12-21-8-5-6-9-23(21)18-24/h7,10-13,18,22H,3-6,8-9,14-17H2,1-2H3,(H,27,29). The quantitative estimate of drug-likeness (QED) is 0.686. The molecule has 0 spiro atoms. The predicted molar refractivity (Wildman–Crippen MR) is 128 cm³/mol. The van der Waals surface area contributed by atoms with Crippen LogP contribution in [-0.2, 0) is 40.5 Å². The summed E-state index contributed by atoms with van der Waals surface area (Å²) in [5.74, 6) is -0.161. The van der Waals surface area contributed by atoms with Crippen LogP contribution >= 0.6 is 0 Å². The first kappa shape index (κ1) is 23.0. The molecule has 0 bridgehead atoms. The number of sulfonamides is 1. The number of rotatable bonds is 6. The minimum Gasteiger partial charge on any atom is -0.325 e. The smallest absolute Gasteiger partial charge is 0.243 e. The predicted octanol–water partition coefficient (Wildman–Crippen LogP) is 4.73. The fraction of sp³-hybridized carbons (Fsp3) is 0.500. The van der Waals surface area contributed by atoms with E-state index < -0.39 is 10.0 Å². The third kappa shape index (κ3) is 4.62. The second kappa shape index (κ2) is 9.75. The van der Waals surface area contributed by atoms with E-state index in [1.807, 2.05) is 18.2 Å². The number of fused-ring (bicyclic) bond motifs is 1. The van der Waals surface area contributed by atoms with E-state index in [2.05, 4.69) is 31.3 Å². The van der Waals surface area contributed by atoms with Crippen LogP contribution in [0.5, 0.6) is 0 Å². The van der Waals surface area contributed by atoms with Crippen molar-refractivity contribution in [2.45, 2.75) is 70.1 Å². The lowest BCUT2D eigenvalue weighted by atomic mass is 9.92. The van der Waals surface area contributed by atoms with Gasteiger partial charge in [-0.25, -0.2) is 8.42 Å². The van der Waals surface area contributed by atoms with E-state index in [1.165, 1.54) is 17.5 Å². The lowest BCUT2D eigenvalue weighted by Crippen LogP contribution is -2.41. The molecular weight excluding hydrogens is 420 g/mol. The lowest BCUT2D eigenvalue weighted by Gasteiger charge is -2.31. The summed E-state index contributed by atoms with van der Waals surface area (Å²) in [6.45, 7) is 4.95. The summed E-state index contributed by atoms with van der Waals surface area (Å²) in [6.07, 6.45) is 7.12. The molecular formula is C26H34N2O3S. The van der Waals surface area contributed by atoms with Crippen molar-refractivity contribution in [3.63, 3.8) is 0 Å². The average Bonchev–Trinajstić information content (AvgIpc) is 2.83. The molecule has 0 saturated carbocycles. The Hall–Kier alpha value is -2.18. The van der Waals surface area contributed by atoms with Crippen molar-refractivity contribution >= 4 is 21.6 Å². The second-order valence-electron chi connectivity index (χ2n) is 8.96. The third-order valence-corrected chi connectivity index (χ3v) is 8.92. The zero-order chi connectivity index (χ0) is 22.7. The van der Waals surface area contributed by atoms with E-state index in [0.717, 1.165) is 48.9 Å². The van der Waals surface area contributed by atoms with Crippen molar-refractivity contribution < 1.29 is 13.2 Å². The van der Waals surface area contributed by atoms with Gasteiger partial charge in [-0.05, 0) is 85.8 Å². The molecule has 2 aromatic carbocycles. The number of piperidine rings is 1. The lowest BCUT2D eigenvalue weighted by molar-refractivity contribution is -0.120. The highest BCUT2D eigenvalue weighted by atomic mass is 32.2. The number of carbonyl (C=O) groups is 1. The van der Waals surface area contributed by atoms with Crippen molar-refractivity contribution in [2.24, 2.45) is 5.92 Å². The number of amides is 1. The van der Waals surface area contributed by atoms with E-state index >= 15 is 0 Å². The summed E-state index contributed by atoms with van der Waals surface area (Å²) >= 11 is 0. The number of anilines is 1. The minimum absolute atomic E-state index is 0.00595. The Bertz CT molecular complexity index is 1060. The maximum atomic E-state index is 13.2. The third-order valence-electron chi connectivity index (χ3n) is 7.03. The van der Waals surface area contributed by atoms with Crippen LogP contribution in [0.15, 0.2) is 41.3 Å². The fourth-order valence-corrected chi connectivity index (χ4v) is 6.53. The van der Waals surface area contributed by atoms with Gasteiger partial charge in [0.25, 0.3) is 0 Å². The Morgan fingerprint density at radius 2 is 1.59 bits per heavy atom. The topological polar surface area (TPSA) is 66.5 Å². The molecule has 1 heterocycles. The Labute approximate surface area is 192 Å². The molecule has 2 aromatic rings. The van der Waals surface area contributed by atoms with E-state index in [4.69, 9.17) is 0 Å². The van der Waals surface area contributed by atoms with Gasteiger partial charge < -0.3 is 5.32 Å². The summed E-state index contributed by atoms with van der Waals surface area (Å²) < 4.78 is 28.0. The summed E-state index contributed by atoms with van der Waals surface area (Å²) in [7, 11) is -3.52. The molecule has 6 heteroatoms. The molecule has 0 radical (unpaired) electrons. The van der Waals surface area contributed by atoms with E-state index in [1.54, 1.807) is 10.4 Å². The van der Waals surface area contributed by atoms with Gasteiger partial charge in [0.05, 0.1) is 4.90 Å². The zero-order valence-electron chi connectivity index (χ0n) is 19.2. The van der Waals surface area contributed by atoms with Gasteiger partial charge in [-0.3, -0.25) is 4.79 Å². The molecule has 32 heavy (non-hydrogen) atoms. The molecule has 4 rings (SSSR count). The first-order valence-corrected chi connectivity index (χ1v) is 13.4. The number of nitrogens with one attached hydrogen (secondary N) is 1. The monoisotopic (exact) mass is 454 g/mol. The fourth-order valence-electron chi connectivity index (χ4n) is 5.01. The Morgan fingerprint density at radius 1 is 0.969 bits per heavy atom. The van der Waals surface area contributed by atoms with Gasteiger partial charge in [0.15, 0.2) is 0 Å². The highest BCUT2D eigenvalue weighted by Crippen LogP contribution is 2.29. The number of nitrogens with zero attached hydrogens (tertiary/aromatic N) is 1. The van der Waals surface area contributed by atoms with Crippen LogP contribution in [0.3, 0.4) is 0 Å². The molecule has 1 aliphatic heterocycles. The van der Waals surface area contributed by atoms with Crippen LogP contribution in [0.2, 0.25) is 0 Å². The van der Waals surface area contributed by atoms with E-state index in [-0.39, 0.29) is 11.8 Å². The van der Waals surface area contributed by atoms with Crippen molar-refractivity contribution in [1.82, 2.24) is 4.31 Å². The average molecular weight is 455 g/mol. The maximum Gasteiger partial charge on any atom is 0.243 e. The van der Waals surface area contributed by atoms with Gasteiger partial charge in [-0.1, -0.05) is 38.1 Å². The van der Waals surface area contributed by atoms with Crippen molar-refractivity contribution in [3.05, 3.63) is 58.7 Å². The Morgan fingerprint density at radius 3 is 2.22 bits per heavy atom. The highest BCUT2D eigenvalue weighted by molar-refractivity contribution is 7.89. The van der Waals surface area contributed by atoms with Crippen LogP contribution in [0.4, 0.5) is 5.69 Å². The van der Waals surface area contributed by atoms with Gasteiger partial charge in [0.2, 0.25) is 15.9 Å². The van der Waals surface area contributed by atoms with Gasteiger partial charge in [0, 0.05) is 24.7 Å². The number of aryl methyl sites for hydroxylation is 4. The minimum atomic E-state index is -3.52. The number of carbonyl (C=O) groups excluding carboxylic acids is 1. The van der Waals surface area contributed by atoms with Crippen molar-refractivity contribution in [3.8, 4) is 0 Å². The maximum absolute atomic E-state index is 13.2. The number of para-hydroxylation sites is 1. The van der Waals surface area contributed by atoms with Gasteiger partial charge in [0.1, 0.15) is 0 Å². The normalized spacial score (nSPS) is 17.7. The summed E-state index contributed by atoms with van der Waals surface area (Å²) in [4.78, 5) is 13.4. The van der Waals surface area contributed by atoms with Crippen LogP contribution in [0.1, 0.15) is 61.8 Å².